The van der Waals surface area contributed by atoms with Gasteiger partial charge >= 0.3 is 0 Å². The van der Waals surface area contributed by atoms with Crippen molar-refractivity contribution in [2.45, 2.75) is 5.25 Å². The molecular formula is C12H15FN2OS2. The van der Waals surface area contributed by atoms with Crippen LogP contribution in [0.4, 0.5) is 10.1 Å². The van der Waals surface area contributed by atoms with Crippen LogP contribution in [-0.2, 0) is 0 Å². The van der Waals surface area contributed by atoms with Crippen LogP contribution in [0.1, 0.15) is 10.4 Å². The predicted molar refractivity (Wildman–Crippen MR) is 76.7 cm³/mol. The molecule has 18 heavy (non-hydrogen) atoms. The molecule has 98 valence electrons. The molecule has 3 N–H and O–H groups in total. The largest absolute Gasteiger partial charge is 0.399 e. The van der Waals surface area contributed by atoms with Crippen LogP contribution >= 0.6 is 23.5 Å². The van der Waals surface area contributed by atoms with Gasteiger partial charge in [0.2, 0.25) is 0 Å². The number of carbonyl (C=O) groups excluding carboxylic acids is 1. The van der Waals surface area contributed by atoms with Crippen molar-refractivity contribution in [1.82, 2.24) is 5.32 Å². The van der Waals surface area contributed by atoms with Crippen LogP contribution in [-0.4, -0.2) is 35.0 Å². The highest BCUT2D eigenvalue weighted by Gasteiger charge is 2.17. The Kier molecular flexibility index (Phi) is 4.77. The molecule has 3 nitrogen and oxygen atoms in total. The summed E-state index contributed by atoms with van der Waals surface area (Å²) in [5.74, 6) is 2.38. The molecule has 6 heteroatoms. The predicted octanol–water partition coefficient (Wildman–Crippen LogP) is 1.99. The molecule has 1 aliphatic rings. The molecule has 0 aromatic heterocycles. The van der Waals surface area contributed by atoms with E-state index in [2.05, 4.69) is 5.32 Å². The number of nitrogens with one attached hydrogen (secondary N) is 1. The molecule has 2 rings (SSSR count). The van der Waals surface area contributed by atoms with E-state index in [4.69, 9.17) is 5.73 Å². The molecule has 1 atom stereocenters. The van der Waals surface area contributed by atoms with E-state index in [0.29, 0.717) is 17.5 Å². The molecule has 0 saturated carbocycles. The molecule has 0 radical (unpaired) electrons. The Labute approximate surface area is 114 Å². The highest BCUT2D eigenvalue weighted by Crippen LogP contribution is 2.23. The third kappa shape index (κ3) is 3.55. The second-order valence-corrected chi connectivity index (χ2v) is 6.58. The lowest BCUT2D eigenvalue weighted by Crippen LogP contribution is -2.33. The molecule has 1 aliphatic heterocycles. The molecule has 1 saturated heterocycles. The molecule has 1 heterocycles. The fraction of sp³-hybridized carbons (Fsp3) is 0.417. The minimum Gasteiger partial charge on any atom is -0.399 e. The van der Waals surface area contributed by atoms with E-state index in [1.54, 1.807) is 0 Å². The number of amides is 1. The van der Waals surface area contributed by atoms with E-state index in [1.807, 2.05) is 23.5 Å². The highest BCUT2D eigenvalue weighted by atomic mass is 32.2. The van der Waals surface area contributed by atoms with Gasteiger partial charge in [-0.1, -0.05) is 0 Å². The van der Waals surface area contributed by atoms with Crippen LogP contribution in [0.15, 0.2) is 18.2 Å². The van der Waals surface area contributed by atoms with Crippen molar-refractivity contribution in [3.63, 3.8) is 0 Å². The molecule has 1 fully saturated rings. The lowest BCUT2D eigenvalue weighted by molar-refractivity contribution is 0.0950. The Morgan fingerprint density at radius 2 is 2.33 bits per heavy atom. The van der Waals surface area contributed by atoms with Gasteiger partial charge in [0.25, 0.3) is 5.91 Å². The molecule has 0 spiro atoms. The zero-order valence-corrected chi connectivity index (χ0v) is 11.5. The Morgan fingerprint density at radius 1 is 1.50 bits per heavy atom. The van der Waals surface area contributed by atoms with Gasteiger partial charge in [-0.15, -0.1) is 0 Å². The maximum absolute atomic E-state index is 13.5. The summed E-state index contributed by atoms with van der Waals surface area (Å²) in [7, 11) is 0. The number of halogens is 1. The third-order valence-electron chi connectivity index (χ3n) is 2.61. The summed E-state index contributed by atoms with van der Waals surface area (Å²) in [6.07, 6.45) is 0. The smallest absolute Gasteiger partial charge is 0.254 e. The molecule has 0 aliphatic carbocycles. The van der Waals surface area contributed by atoms with Gasteiger partial charge in [-0.05, 0) is 18.2 Å². The van der Waals surface area contributed by atoms with Crippen LogP contribution in [0.2, 0.25) is 0 Å². The SMILES string of the molecule is Nc1ccc(C(=O)NCC2CSCCS2)c(F)c1. The van der Waals surface area contributed by atoms with Crippen molar-refractivity contribution in [1.29, 1.82) is 0 Å². The van der Waals surface area contributed by atoms with Gasteiger partial charge in [0.15, 0.2) is 0 Å². The number of carbonyl (C=O) groups is 1. The first-order chi connectivity index (χ1) is 8.66. The molecular weight excluding hydrogens is 271 g/mol. The summed E-state index contributed by atoms with van der Waals surface area (Å²) in [6.45, 7) is 0.584. The average molecular weight is 286 g/mol. The van der Waals surface area contributed by atoms with Crippen LogP contribution in [0, 0.1) is 5.82 Å². The first-order valence-electron chi connectivity index (χ1n) is 5.69. The number of thioether (sulfide) groups is 2. The van der Waals surface area contributed by atoms with Crippen molar-refractivity contribution in [3.05, 3.63) is 29.6 Å². The fourth-order valence-electron chi connectivity index (χ4n) is 1.67. The van der Waals surface area contributed by atoms with Crippen LogP contribution in [0.5, 0.6) is 0 Å². The van der Waals surface area contributed by atoms with Crippen molar-refractivity contribution in [2.75, 3.05) is 29.5 Å². The molecule has 1 aromatic carbocycles. The maximum Gasteiger partial charge on any atom is 0.254 e. The minimum absolute atomic E-state index is 0.0534. The van der Waals surface area contributed by atoms with Gasteiger partial charge in [0, 0.05) is 34.7 Å². The third-order valence-corrected chi connectivity index (χ3v) is 5.46. The van der Waals surface area contributed by atoms with E-state index in [9.17, 15) is 9.18 Å². The molecule has 1 aromatic rings. The Balaban J connectivity index is 1.90. The van der Waals surface area contributed by atoms with E-state index in [-0.39, 0.29) is 11.5 Å². The summed E-state index contributed by atoms with van der Waals surface area (Å²) >= 11 is 3.75. The van der Waals surface area contributed by atoms with Crippen molar-refractivity contribution >= 4 is 35.1 Å². The second-order valence-electron chi connectivity index (χ2n) is 4.02. The lowest BCUT2D eigenvalue weighted by Gasteiger charge is -2.21. The highest BCUT2D eigenvalue weighted by molar-refractivity contribution is 8.06. The Hall–Kier alpha value is -0.880. The monoisotopic (exact) mass is 286 g/mol. The van der Waals surface area contributed by atoms with Crippen molar-refractivity contribution in [3.8, 4) is 0 Å². The normalized spacial score (nSPS) is 19.5. The van der Waals surface area contributed by atoms with Crippen molar-refractivity contribution < 1.29 is 9.18 Å². The zero-order valence-electron chi connectivity index (χ0n) is 9.82. The van der Waals surface area contributed by atoms with Gasteiger partial charge in [0.05, 0.1) is 5.56 Å². The Morgan fingerprint density at radius 3 is 3.00 bits per heavy atom. The fourth-order valence-corrected chi connectivity index (χ4v) is 4.28. The number of anilines is 1. The number of hydrogen-bond donors (Lipinski definition) is 2. The van der Waals surface area contributed by atoms with E-state index in [1.165, 1.54) is 24.0 Å². The van der Waals surface area contributed by atoms with Crippen LogP contribution in [0.3, 0.4) is 0 Å². The number of nitrogens with two attached hydrogens (primary N) is 1. The lowest BCUT2D eigenvalue weighted by atomic mass is 10.2. The summed E-state index contributed by atoms with van der Waals surface area (Å²) in [4.78, 5) is 11.8. The van der Waals surface area contributed by atoms with Gasteiger partial charge in [-0.2, -0.15) is 23.5 Å². The van der Waals surface area contributed by atoms with Gasteiger partial charge in [-0.3, -0.25) is 4.79 Å². The summed E-state index contributed by atoms with van der Waals surface area (Å²) in [5.41, 5.74) is 5.82. The number of benzene rings is 1. The van der Waals surface area contributed by atoms with Crippen molar-refractivity contribution in [2.24, 2.45) is 0 Å². The van der Waals surface area contributed by atoms with E-state index < -0.39 is 5.82 Å². The summed E-state index contributed by atoms with van der Waals surface area (Å²) in [5, 5.41) is 3.20. The number of rotatable bonds is 3. The number of nitrogen functional groups attached to an aromatic ring is 1. The molecule has 1 unspecified atom stereocenters. The Bertz CT molecular complexity index is 436. The van der Waals surface area contributed by atoms with Crippen LogP contribution < -0.4 is 11.1 Å². The first kappa shape index (κ1) is 13.5. The van der Waals surface area contributed by atoms with Crippen LogP contribution in [0.25, 0.3) is 0 Å². The van der Waals surface area contributed by atoms with Gasteiger partial charge in [0.1, 0.15) is 5.82 Å². The molecule has 1 amide bonds. The minimum atomic E-state index is -0.571. The van der Waals surface area contributed by atoms with E-state index >= 15 is 0 Å². The summed E-state index contributed by atoms with van der Waals surface area (Å²) < 4.78 is 13.5. The van der Waals surface area contributed by atoms with Gasteiger partial charge in [-0.25, -0.2) is 4.39 Å². The maximum atomic E-state index is 13.5. The zero-order chi connectivity index (χ0) is 13.0. The quantitative estimate of drug-likeness (QED) is 0.834. The average Bonchev–Trinajstić information content (AvgIpc) is 2.37. The topological polar surface area (TPSA) is 55.1 Å². The first-order valence-corrected chi connectivity index (χ1v) is 7.90. The van der Waals surface area contributed by atoms with E-state index in [0.717, 1.165) is 11.5 Å². The number of hydrogen-bond acceptors (Lipinski definition) is 4. The second kappa shape index (κ2) is 6.33. The van der Waals surface area contributed by atoms with Gasteiger partial charge < -0.3 is 11.1 Å². The standard InChI is InChI=1S/C12H15FN2OS2/c13-11-5-8(14)1-2-10(11)12(16)15-6-9-7-17-3-4-18-9/h1-2,5,9H,3-4,6-7,14H2,(H,15,16). The summed E-state index contributed by atoms with van der Waals surface area (Å²) in [6, 6.07) is 4.12. The molecule has 0 bridgehead atoms.